The van der Waals surface area contributed by atoms with Gasteiger partial charge in [0.15, 0.2) is 5.78 Å². The van der Waals surface area contributed by atoms with E-state index < -0.39 is 0 Å². The van der Waals surface area contributed by atoms with Crippen molar-refractivity contribution < 1.29 is 4.79 Å². The Balaban J connectivity index is 2.02. The third-order valence-electron chi connectivity index (χ3n) is 5.03. The summed E-state index contributed by atoms with van der Waals surface area (Å²) in [5.74, 6) is 0.575. The van der Waals surface area contributed by atoms with Crippen LogP contribution in [-0.2, 0) is 6.42 Å². The molecule has 0 spiro atoms. The molecule has 2 heterocycles. The quantitative estimate of drug-likeness (QED) is 0.643. The van der Waals surface area contributed by atoms with Gasteiger partial charge < -0.3 is 4.98 Å². The molecular formula is C18H20N2O. The monoisotopic (exact) mass is 280 g/mol. The van der Waals surface area contributed by atoms with E-state index in [0.717, 1.165) is 24.2 Å². The number of H-pyrrole nitrogens is 1. The summed E-state index contributed by atoms with van der Waals surface area (Å²) in [6, 6.07) is 6.87. The van der Waals surface area contributed by atoms with Gasteiger partial charge >= 0.3 is 0 Å². The number of hydrogen-bond donors (Lipinski definition) is 1. The fraction of sp³-hybridized carbons (Fsp3) is 0.389. The van der Waals surface area contributed by atoms with Crippen molar-refractivity contribution in [1.29, 1.82) is 0 Å². The predicted octanol–water partition coefficient (Wildman–Crippen LogP) is 3.27. The summed E-state index contributed by atoms with van der Waals surface area (Å²) < 4.78 is 0. The number of nitrogens with one attached hydrogen (secondary N) is 1. The van der Waals surface area contributed by atoms with Crippen LogP contribution in [0.1, 0.15) is 41.4 Å². The first-order chi connectivity index (χ1) is 10.1. The van der Waals surface area contributed by atoms with E-state index in [-0.39, 0.29) is 5.78 Å². The van der Waals surface area contributed by atoms with Crippen molar-refractivity contribution >= 4 is 16.7 Å². The van der Waals surface area contributed by atoms with Gasteiger partial charge in [-0.1, -0.05) is 23.8 Å². The summed E-state index contributed by atoms with van der Waals surface area (Å²) in [5, 5.41) is 1.28. The minimum atomic E-state index is 0.135. The lowest BCUT2D eigenvalue weighted by Crippen LogP contribution is -2.43. The second kappa shape index (κ2) is 4.31. The highest BCUT2D eigenvalue weighted by molar-refractivity contribution is 6.02. The number of Topliss-reactive ketones (excluding diaryl/α,β-unsaturated/α-hetero) is 1. The molecule has 1 N–H and O–H groups in total. The van der Waals surface area contributed by atoms with Crippen molar-refractivity contribution in [3.63, 3.8) is 0 Å². The molecule has 0 radical (unpaired) electrons. The Morgan fingerprint density at radius 3 is 2.95 bits per heavy atom. The second-order valence-electron chi connectivity index (χ2n) is 6.53. The van der Waals surface area contributed by atoms with Crippen LogP contribution in [0, 0.1) is 0 Å². The second-order valence-corrected chi connectivity index (χ2v) is 6.53. The predicted molar refractivity (Wildman–Crippen MR) is 84.9 cm³/mol. The Labute approximate surface area is 124 Å². The molecule has 0 unspecified atom stereocenters. The molecule has 1 aliphatic carbocycles. The van der Waals surface area contributed by atoms with E-state index in [1.54, 1.807) is 6.92 Å². The van der Waals surface area contributed by atoms with E-state index in [0.29, 0.717) is 12.0 Å². The molecule has 0 amide bonds. The third kappa shape index (κ3) is 1.74. The van der Waals surface area contributed by atoms with Crippen LogP contribution < -0.4 is 0 Å². The van der Waals surface area contributed by atoms with Gasteiger partial charge in [0.1, 0.15) is 0 Å². The van der Waals surface area contributed by atoms with Crippen molar-refractivity contribution in [3.05, 3.63) is 46.7 Å². The maximum absolute atomic E-state index is 12.0. The molecule has 2 aliphatic rings. The standard InChI is InChI=1S/C18H20N2O/c1-10-7-13-12-5-4-6-15-17(12)14(18(19-15)11(2)21)8-16(13)20(3)9-10/h4-7,13,16,19H,8-9H2,1-3H3/t13-,16-/m1/s1. The van der Waals surface area contributed by atoms with Gasteiger partial charge in [0.25, 0.3) is 0 Å². The first-order valence-corrected chi connectivity index (χ1v) is 7.58. The van der Waals surface area contributed by atoms with Crippen LogP contribution in [0.4, 0.5) is 0 Å². The molecular weight excluding hydrogens is 260 g/mol. The molecule has 0 bridgehead atoms. The number of benzene rings is 1. The molecule has 3 heteroatoms. The summed E-state index contributed by atoms with van der Waals surface area (Å²) in [4.78, 5) is 17.7. The minimum Gasteiger partial charge on any atom is -0.352 e. The van der Waals surface area contributed by atoms with Crippen LogP contribution in [0.5, 0.6) is 0 Å². The third-order valence-corrected chi connectivity index (χ3v) is 5.03. The largest absolute Gasteiger partial charge is 0.352 e. The highest BCUT2D eigenvalue weighted by atomic mass is 16.1. The van der Waals surface area contributed by atoms with Gasteiger partial charge in [0.05, 0.1) is 5.69 Å². The van der Waals surface area contributed by atoms with Crippen molar-refractivity contribution in [2.24, 2.45) is 0 Å². The van der Waals surface area contributed by atoms with Crippen LogP contribution in [0.2, 0.25) is 0 Å². The van der Waals surface area contributed by atoms with Gasteiger partial charge in [-0.25, -0.2) is 0 Å². The lowest BCUT2D eigenvalue weighted by Gasteiger charge is -2.41. The first kappa shape index (κ1) is 12.8. The number of aromatic nitrogens is 1. The van der Waals surface area contributed by atoms with Crippen LogP contribution >= 0.6 is 0 Å². The molecule has 0 fully saturated rings. The summed E-state index contributed by atoms with van der Waals surface area (Å²) >= 11 is 0. The minimum absolute atomic E-state index is 0.135. The summed E-state index contributed by atoms with van der Waals surface area (Å²) in [7, 11) is 2.19. The molecule has 1 aromatic heterocycles. The van der Waals surface area contributed by atoms with Gasteiger partial charge in [-0.15, -0.1) is 0 Å². The van der Waals surface area contributed by atoms with E-state index in [1.807, 2.05) is 0 Å². The number of carbonyl (C=O) groups is 1. The summed E-state index contributed by atoms with van der Waals surface area (Å²) in [6.45, 7) is 4.88. The maximum Gasteiger partial charge on any atom is 0.176 e. The van der Waals surface area contributed by atoms with Gasteiger partial charge in [0, 0.05) is 36.3 Å². The molecule has 21 heavy (non-hydrogen) atoms. The van der Waals surface area contributed by atoms with Gasteiger partial charge in [0.2, 0.25) is 0 Å². The molecule has 0 saturated heterocycles. The smallest absolute Gasteiger partial charge is 0.176 e. The highest BCUT2D eigenvalue weighted by Crippen LogP contribution is 2.43. The zero-order chi connectivity index (χ0) is 14.7. The SMILES string of the molecule is CC(=O)c1[nH]c2cccc3c2c1C[C@@H]1[C@@H]3C=C(C)CN1C. The number of carbonyl (C=O) groups excluding carboxylic acids is 1. The van der Waals surface area contributed by atoms with Crippen molar-refractivity contribution in [2.45, 2.75) is 32.2 Å². The fourth-order valence-electron chi connectivity index (χ4n) is 4.17. The Morgan fingerprint density at radius 1 is 1.38 bits per heavy atom. The lowest BCUT2D eigenvalue weighted by molar-refractivity contribution is 0.101. The number of aromatic amines is 1. The van der Waals surface area contributed by atoms with E-state index in [9.17, 15) is 4.79 Å². The topological polar surface area (TPSA) is 36.1 Å². The number of rotatable bonds is 1. The zero-order valence-electron chi connectivity index (χ0n) is 12.7. The van der Waals surface area contributed by atoms with Crippen LogP contribution in [0.15, 0.2) is 29.8 Å². The van der Waals surface area contributed by atoms with Crippen LogP contribution in [-0.4, -0.2) is 35.3 Å². The normalized spacial score (nSPS) is 24.8. The molecule has 4 rings (SSSR count). The van der Waals surface area contributed by atoms with E-state index in [2.05, 4.69) is 48.1 Å². The number of fused-ring (bicyclic) bond motifs is 2. The number of likely N-dealkylation sites (N-methyl/N-ethyl adjacent to an activating group) is 1. The Hall–Kier alpha value is -1.87. The zero-order valence-corrected chi connectivity index (χ0v) is 12.7. The van der Waals surface area contributed by atoms with Crippen LogP contribution in [0.3, 0.4) is 0 Å². The van der Waals surface area contributed by atoms with E-state index >= 15 is 0 Å². The number of ketones is 1. The van der Waals surface area contributed by atoms with Gasteiger partial charge in [-0.2, -0.15) is 0 Å². The van der Waals surface area contributed by atoms with Crippen molar-refractivity contribution in [1.82, 2.24) is 9.88 Å². The Kier molecular flexibility index (Phi) is 2.64. The van der Waals surface area contributed by atoms with Gasteiger partial charge in [-0.05, 0) is 37.6 Å². The first-order valence-electron chi connectivity index (χ1n) is 7.58. The molecule has 2 atom stereocenters. The average molecular weight is 280 g/mol. The molecule has 3 nitrogen and oxygen atoms in total. The number of hydrogen-bond acceptors (Lipinski definition) is 2. The number of nitrogens with zero attached hydrogens (tertiary/aromatic N) is 1. The van der Waals surface area contributed by atoms with E-state index in [4.69, 9.17) is 0 Å². The van der Waals surface area contributed by atoms with Crippen molar-refractivity contribution in [2.75, 3.05) is 13.6 Å². The fourth-order valence-corrected chi connectivity index (χ4v) is 4.17. The Bertz CT molecular complexity index is 784. The highest BCUT2D eigenvalue weighted by Gasteiger charge is 2.36. The summed E-state index contributed by atoms with van der Waals surface area (Å²) in [5.41, 5.74) is 5.92. The molecule has 108 valence electrons. The Morgan fingerprint density at radius 2 is 2.19 bits per heavy atom. The van der Waals surface area contributed by atoms with Crippen LogP contribution in [0.25, 0.3) is 10.9 Å². The van der Waals surface area contributed by atoms with Crippen molar-refractivity contribution in [3.8, 4) is 0 Å². The summed E-state index contributed by atoms with van der Waals surface area (Å²) in [6.07, 6.45) is 3.37. The molecule has 2 aromatic rings. The average Bonchev–Trinajstić information content (AvgIpc) is 2.81. The van der Waals surface area contributed by atoms with E-state index in [1.165, 1.54) is 22.1 Å². The molecule has 1 aliphatic heterocycles. The lowest BCUT2D eigenvalue weighted by atomic mass is 9.76. The maximum atomic E-state index is 12.0. The molecule has 1 aromatic carbocycles. The van der Waals surface area contributed by atoms with Gasteiger partial charge in [-0.3, -0.25) is 9.69 Å². The molecule has 0 saturated carbocycles.